The van der Waals surface area contributed by atoms with Crippen LogP contribution in [0.25, 0.3) is 10.2 Å². The number of hydrogen-bond donors (Lipinski definition) is 3. The van der Waals surface area contributed by atoms with Gasteiger partial charge in [-0.15, -0.1) is 0 Å². The number of nitrogens with zero attached hydrogens (tertiary/aromatic N) is 6. The van der Waals surface area contributed by atoms with E-state index in [1.165, 1.54) is 24.4 Å². The van der Waals surface area contributed by atoms with Gasteiger partial charge in [0.2, 0.25) is 5.95 Å². The van der Waals surface area contributed by atoms with Crippen LogP contribution in [0.2, 0.25) is 0 Å². The zero-order valence-corrected chi connectivity index (χ0v) is 22.1. The van der Waals surface area contributed by atoms with Crippen LogP contribution in [-0.2, 0) is 4.74 Å². The van der Waals surface area contributed by atoms with E-state index in [1.807, 2.05) is 24.0 Å². The molecule has 3 aromatic rings. The van der Waals surface area contributed by atoms with E-state index in [0.29, 0.717) is 30.1 Å². The lowest BCUT2D eigenvalue weighted by atomic mass is 9.89. The normalized spacial score (nSPS) is 26.3. The molecule has 3 N–H and O–H groups in total. The standard InChI is InChI=1S/C25H37N9OS/c1-16-13-26-9-10-33(16)20-5-3-18(4-6-20)28-23-22-17(2)32-36-24(22)31-25(30-23)29-19-14-27-34(15-19)21-7-11-35-12-8-21/h14-16,18,20-21,26H,3-13H2,1-2H3,(H2,28,29,30,31)/t16?,18-,20-. The van der Waals surface area contributed by atoms with Crippen LogP contribution < -0.4 is 16.0 Å². The number of fused-ring (bicyclic) bond motifs is 1. The quantitative estimate of drug-likeness (QED) is 0.457. The topological polar surface area (TPSA) is 105 Å². The maximum atomic E-state index is 5.49. The van der Waals surface area contributed by atoms with E-state index >= 15 is 0 Å². The Balaban J connectivity index is 1.15. The summed E-state index contributed by atoms with van der Waals surface area (Å²) in [5.41, 5.74) is 1.89. The minimum Gasteiger partial charge on any atom is -0.381 e. The number of ether oxygens (including phenoxy) is 1. The Kier molecular flexibility index (Phi) is 7.05. The van der Waals surface area contributed by atoms with Crippen molar-refractivity contribution in [1.82, 2.24) is 34.3 Å². The maximum Gasteiger partial charge on any atom is 0.230 e. The van der Waals surface area contributed by atoms with E-state index < -0.39 is 0 Å². The third-order valence-corrected chi connectivity index (χ3v) is 8.82. The Hall–Kier alpha value is -2.34. The zero-order valence-electron chi connectivity index (χ0n) is 21.2. The number of anilines is 3. The highest BCUT2D eigenvalue weighted by molar-refractivity contribution is 7.13. The third kappa shape index (κ3) is 5.06. The number of piperazine rings is 1. The van der Waals surface area contributed by atoms with Crippen LogP contribution in [0.1, 0.15) is 57.2 Å². The number of hydrogen-bond acceptors (Lipinski definition) is 10. The monoisotopic (exact) mass is 511 g/mol. The second kappa shape index (κ2) is 10.6. The third-order valence-electron chi connectivity index (χ3n) is 7.99. The fourth-order valence-electron chi connectivity index (χ4n) is 5.98. The Labute approximate surface area is 216 Å². The summed E-state index contributed by atoms with van der Waals surface area (Å²) in [5, 5.41) is 16.3. The minimum absolute atomic E-state index is 0.387. The first kappa shape index (κ1) is 24.0. The zero-order chi connectivity index (χ0) is 24.5. The van der Waals surface area contributed by atoms with Crippen molar-refractivity contribution in [3.63, 3.8) is 0 Å². The van der Waals surface area contributed by atoms with E-state index in [4.69, 9.17) is 14.7 Å². The molecule has 0 radical (unpaired) electrons. The summed E-state index contributed by atoms with van der Waals surface area (Å²) in [7, 11) is 0. The highest BCUT2D eigenvalue weighted by atomic mass is 32.1. The maximum absolute atomic E-state index is 5.49. The molecule has 2 saturated heterocycles. The average molecular weight is 512 g/mol. The van der Waals surface area contributed by atoms with Gasteiger partial charge in [0.15, 0.2) is 4.83 Å². The molecule has 1 aliphatic carbocycles. The molecule has 11 heteroatoms. The van der Waals surface area contributed by atoms with Crippen molar-refractivity contribution in [2.45, 2.75) is 76.5 Å². The molecule has 0 spiro atoms. The predicted octanol–water partition coefficient (Wildman–Crippen LogP) is 3.70. The van der Waals surface area contributed by atoms with Gasteiger partial charge in [-0.2, -0.15) is 19.4 Å². The molecule has 3 aromatic heterocycles. The van der Waals surface area contributed by atoms with Gasteiger partial charge in [-0.3, -0.25) is 9.58 Å². The lowest BCUT2D eigenvalue weighted by Crippen LogP contribution is -2.55. The molecule has 10 nitrogen and oxygen atoms in total. The molecule has 36 heavy (non-hydrogen) atoms. The molecule has 6 rings (SSSR count). The Morgan fingerprint density at radius 1 is 1.08 bits per heavy atom. The Morgan fingerprint density at radius 3 is 2.72 bits per heavy atom. The van der Waals surface area contributed by atoms with Crippen LogP contribution in [0, 0.1) is 6.92 Å². The van der Waals surface area contributed by atoms with Crippen molar-refractivity contribution in [3.05, 3.63) is 18.1 Å². The summed E-state index contributed by atoms with van der Waals surface area (Å²) in [5.74, 6) is 1.48. The van der Waals surface area contributed by atoms with Gasteiger partial charge in [-0.25, -0.2) is 0 Å². The lowest BCUT2D eigenvalue weighted by molar-refractivity contribution is 0.0662. The van der Waals surface area contributed by atoms with Crippen molar-refractivity contribution >= 4 is 39.2 Å². The fourth-order valence-corrected chi connectivity index (χ4v) is 6.75. The molecule has 1 saturated carbocycles. The molecule has 1 unspecified atom stereocenters. The molecule has 2 aliphatic heterocycles. The summed E-state index contributed by atoms with van der Waals surface area (Å²) >= 11 is 1.43. The van der Waals surface area contributed by atoms with E-state index in [9.17, 15) is 0 Å². The smallest absolute Gasteiger partial charge is 0.230 e. The molecule has 3 aliphatic rings. The first-order chi connectivity index (χ1) is 17.6. The van der Waals surface area contributed by atoms with Crippen LogP contribution >= 0.6 is 11.5 Å². The first-order valence-corrected chi connectivity index (χ1v) is 14.2. The summed E-state index contributed by atoms with van der Waals surface area (Å²) in [6.07, 6.45) is 10.7. The summed E-state index contributed by atoms with van der Waals surface area (Å²) in [6, 6.07) is 2.12. The van der Waals surface area contributed by atoms with E-state index in [1.54, 1.807) is 0 Å². The molecular formula is C25H37N9OS. The van der Waals surface area contributed by atoms with Crippen LogP contribution in [0.15, 0.2) is 12.4 Å². The SMILES string of the molecule is Cc1nsc2nc(Nc3cnn(C4CCOCC4)c3)nc(N[C@H]3CC[C@H](N4CCNCC4C)CC3)c12. The molecule has 0 amide bonds. The van der Waals surface area contributed by atoms with Gasteiger partial charge in [0.25, 0.3) is 0 Å². The highest BCUT2D eigenvalue weighted by Crippen LogP contribution is 2.33. The van der Waals surface area contributed by atoms with Crippen molar-refractivity contribution in [2.24, 2.45) is 0 Å². The van der Waals surface area contributed by atoms with Crippen LogP contribution in [0.3, 0.4) is 0 Å². The lowest BCUT2D eigenvalue weighted by Gasteiger charge is -2.43. The number of rotatable bonds is 6. The van der Waals surface area contributed by atoms with Gasteiger partial charge in [0.1, 0.15) is 5.82 Å². The van der Waals surface area contributed by atoms with Crippen LogP contribution in [-0.4, -0.2) is 80.0 Å². The summed E-state index contributed by atoms with van der Waals surface area (Å²) in [4.78, 5) is 13.3. The minimum atomic E-state index is 0.387. The Bertz CT molecular complexity index is 1170. The average Bonchev–Trinajstić information content (AvgIpc) is 3.52. The van der Waals surface area contributed by atoms with Gasteiger partial charge < -0.3 is 20.7 Å². The van der Waals surface area contributed by atoms with Gasteiger partial charge in [0.05, 0.1) is 29.0 Å². The van der Waals surface area contributed by atoms with Gasteiger partial charge >= 0.3 is 0 Å². The van der Waals surface area contributed by atoms with Crippen molar-refractivity contribution in [1.29, 1.82) is 0 Å². The molecule has 0 bridgehead atoms. The van der Waals surface area contributed by atoms with Gasteiger partial charge in [-0.05, 0) is 63.9 Å². The number of aryl methyl sites for hydroxylation is 1. The second-order valence-corrected chi connectivity index (χ2v) is 11.2. The van der Waals surface area contributed by atoms with Gasteiger partial charge in [-0.1, -0.05) is 0 Å². The predicted molar refractivity (Wildman–Crippen MR) is 143 cm³/mol. The first-order valence-electron chi connectivity index (χ1n) is 13.4. The van der Waals surface area contributed by atoms with Crippen LogP contribution in [0.5, 0.6) is 0 Å². The fraction of sp³-hybridized carbons (Fsp3) is 0.680. The molecule has 3 fully saturated rings. The Morgan fingerprint density at radius 2 is 1.92 bits per heavy atom. The van der Waals surface area contributed by atoms with Crippen molar-refractivity contribution in [3.8, 4) is 0 Å². The number of nitrogens with one attached hydrogen (secondary N) is 3. The largest absolute Gasteiger partial charge is 0.381 e. The van der Waals surface area contributed by atoms with E-state index in [2.05, 4.69) is 37.2 Å². The highest BCUT2D eigenvalue weighted by Gasteiger charge is 2.30. The molecule has 1 atom stereocenters. The van der Waals surface area contributed by atoms with Crippen molar-refractivity contribution in [2.75, 3.05) is 43.5 Å². The molecule has 5 heterocycles. The van der Waals surface area contributed by atoms with E-state index in [-0.39, 0.29) is 0 Å². The molecular weight excluding hydrogens is 474 g/mol. The molecule has 0 aromatic carbocycles. The summed E-state index contributed by atoms with van der Waals surface area (Å²) in [6.45, 7) is 9.35. The number of aromatic nitrogens is 5. The second-order valence-electron chi connectivity index (χ2n) is 10.5. The van der Waals surface area contributed by atoms with E-state index in [0.717, 1.165) is 85.9 Å². The van der Waals surface area contributed by atoms with Gasteiger partial charge in [0, 0.05) is 57.2 Å². The molecule has 194 valence electrons. The summed E-state index contributed by atoms with van der Waals surface area (Å²) < 4.78 is 12.1. The van der Waals surface area contributed by atoms with Crippen molar-refractivity contribution < 1.29 is 4.74 Å². The van der Waals surface area contributed by atoms with Crippen LogP contribution in [0.4, 0.5) is 17.5 Å².